The zero-order valence-electron chi connectivity index (χ0n) is 12.2. The second-order valence-corrected chi connectivity index (χ2v) is 5.71. The summed E-state index contributed by atoms with van der Waals surface area (Å²) in [6.07, 6.45) is 3.72. The van der Waals surface area contributed by atoms with Gasteiger partial charge in [0.15, 0.2) is 5.82 Å². The fourth-order valence-corrected chi connectivity index (χ4v) is 2.72. The summed E-state index contributed by atoms with van der Waals surface area (Å²) in [6, 6.07) is 0. The van der Waals surface area contributed by atoms with E-state index in [-0.39, 0.29) is 5.91 Å². The molecule has 9 heteroatoms. The van der Waals surface area contributed by atoms with Crippen molar-refractivity contribution in [1.82, 2.24) is 25.4 Å². The number of carbonyl (C=O) groups is 1. The number of carbonyl (C=O) groups excluding carboxylic acids is 1. The van der Waals surface area contributed by atoms with Crippen molar-refractivity contribution in [3.05, 3.63) is 29.1 Å². The van der Waals surface area contributed by atoms with Crippen LogP contribution in [0, 0.1) is 6.92 Å². The van der Waals surface area contributed by atoms with Gasteiger partial charge in [0.1, 0.15) is 5.54 Å². The van der Waals surface area contributed by atoms with Crippen LogP contribution in [0.4, 0.5) is 5.95 Å². The van der Waals surface area contributed by atoms with Gasteiger partial charge >= 0.3 is 0 Å². The van der Waals surface area contributed by atoms with Crippen LogP contribution in [0.5, 0.6) is 0 Å². The van der Waals surface area contributed by atoms with Crippen molar-refractivity contribution in [2.75, 3.05) is 18.0 Å². The van der Waals surface area contributed by atoms with E-state index in [1.165, 1.54) is 6.92 Å². The van der Waals surface area contributed by atoms with Gasteiger partial charge in [-0.15, -0.1) is 0 Å². The number of aryl methyl sites for hydroxylation is 1. The summed E-state index contributed by atoms with van der Waals surface area (Å²) in [6.45, 7) is 4.31. The zero-order valence-corrected chi connectivity index (χ0v) is 13.0. The van der Waals surface area contributed by atoms with E-state index < -0.39 is 5.54 Å². The summed E-state index contributed by atoms with van der Waals surface area (Å²) in [5.41, 5.74) is -0.702. The maximum atomic E-state index is 11.6. The lowest BCUT2D eigenvalue weighted by Crippen LogP contribution is -2.48. The van der Waals surface area contributed by atoms with Crippen molar-refractivity contribution in [3.8, 4) is 0 Å². The van der Waals surface area contributed by atoms with Crippen LogP contribution < -0.4 is 10.2 Å². The third kappa shape index (κ3) is 2.74. The van der Waals surface area contributed by atoms with Gasteiger partial charge in [0.2, 0.25) is 17.7 Å². The topological polar surface area (TPSA) is 97.0 Å². The second-order valence-electron chi connectivity index (χ2n) is 5.27. The van der Waals surface area contributed by atoms with Crippen LogP contribution in [0.25, 0.3) is 0 Å². The Labute approximate surface area is 131 Å². The minimum Gasteiger partial charge on any atom is -0.342 e. The monoisotopic (exact) mass is 322 g/mol. The average molecular weight is 323 g/mol. The minimum absolute atomic E-state index is 0.152. The molecule has 0 bridgehead atoms. The van der Waals surface area contributed by atoms with Crippen LogP contribution in [0.1, 0.15) is 25.1 Å². The van der Waals surface area contributed by atoms with Gasteiger partial charge < -0.3 is 14.7 Å². The molecule has 0 radical (unpaired) electrons. The van der Waals surface area contributed by atoms with Crippen molar-refractivity contribution < 1.29 is 9.32 Å². The Hall–Kier alpha value is -2.22. The van der Waals surface area contributed by atoms with Crippen LogP contribution in [-0.2, 0) is 10.3 Å². The Balaban J connectivity index is 1.89. The molecule has 1 unspecified atom stereocenters. The molecule has 3 heterocycles. The molecule has 2 aromatic rings. The molecule has 1 aliphatic heterocycles. The van der Waals surface area contributed by atoms with Gasteiger partial charge in [-0.1, -0.05) is 16.8 Å². The fourth-order valence-electron chi connectivity index (χ4n) is 2.62. The summed E-state index contributed by atoms with van der Waals surface area (Å²) in [4.78, 5) is 26.3. The minimum atomic E-state index is -0.702. The van der Waals surface area contributed by atoms with Crippen LogP contribution in [0.15, 0.2) is 16.9 Å². The predicted molar refractivity (Wildman–Crippen MR) is 78.4 cm³/mol. The van der Waals surface area contributed by atoms with Crippen molar-refractivity contribution in [2.45, 2.75) is 25.8 Å². The lowest BCUT2D eigenvalue weighted by atomic mass is 9.97. The highest BCUT2D eigenvalue weighted by Crippen LogP contribution is 2.32. The Morgan fingerprint density at radius 3 is 2.77 bits per heavy atom. The number of nitrogens with zero attached hydrogens (tertiary/aromatic N) is 5. The highest BCUT2D eigenvalue weighted by Gasteiger charge is 2.45. The molecule has 8 nitrogen and oxygen atoms in total. The summed E-state index contributed by atoms with van der Waals surface area (Å²) in [7, 11) is 0. The van der Waals surface area contributed by atoms with Crippen molar-refractivity contribution >= 4 is 23.5 Å². The third-order valence-corrected chi connectivity index (χ3v) is 3.72. The normalized spacial score (nSPS) is 21.1. The molecule has 1 fully saturated rings. The highest BCUT2D eigenvalue weighted by molar-refractivity contribution is 6.30. The highest BCUT2D eigenvalue weighted by atomic mass is 35.5. The van der Waals surface area contributed by atoms with Crippen LogP contribution >= 0.6 is 11.6 Å². The van der Waals surface area contributed by atoms with Crippen LogP contribution in [0.2, 0.25) is 5.02 Å². The van der Waals surface area contributed by atoms with Gasteiger partial charge in [-0.25, -0.2) is 9.97 Å². The Kier molecular flexibility index (Phi) is 3.69. The number of anilines is 1. The molecule has 0 aliphatic carbocycles. The zero-order chi connectivity index (χ0) is 15.7. The van der Waals surface area contributed by atoms with E-state index >= 15 is 0 Å². The molecule has 0 aromatic carbocycles. The molecule has 1 aliphatic rings. The lowest BCUT2D eigenvalue weighted by Gasteiger charge is -2.26. The van der Waals surface area contributed by atoms with Crippen molar-refractivity contribution in [2.24, 2.45) is 0 Å². The standard InChI is InChI=1S/C13H15ClN6O2/c1-8(21)18-13(11-17-9(2)22-19-11)3-4-20(7-13)12-15-5-10(14)6-16-12/h5-6H,3-4,7H2,1-2H3,(H,18,21). The van der Waals surface area contributed by atoms with Crippen molar-refractivity contribution in [1.29, 1.82) is 0 Å². The van der Waals surface area contributed by atoms with Crippen LogP contribution in [-0.4, -0.2) is 39.1 Å². The number of amides is 1. The fraction of sp³-hybridized carbons (Fsp3) is 0.462. The average Bonchev–Trinajstić information content (AvgIpc) is 3.07. The Bertz CT molecular complexity index is 688. The SMILES string of the molecule is CC(=O)NC1(c2noc(C)n2)CCN(c2ncc(Cl)cn2)C1. The molecule has 0 saturated carbocycles. The first-order valence-electron chi connectivity index (χ1n) is 6.80. The third-order valence-electron chi connectivity index (χ3n) is 3.53. The van der Waals surface area contributed by atoms with Gasteiger partial charge in [0.25, 0.3) is 0 Å². The van der Waals surface area contributed by atoms with Crippen molar-refractivity contribution in [3.63, 3.8) is 0 Å². The first-order valence-corrected chi connectivity index (χ1v) is 7.18. The molecule has 1 amide bonds. The summed E-state index contributed by atoms with van der Waals surface area (Å²) < 4.78 is 5.06. The van der Waals surface area contributed by atoms with E-state index in [0.29, 0.717) is 42.2 Å². The van der Waals surface area contributed by atoms with Gasteiger partial charge in [0.05, 0.1) is 24.0 Å². The Morgan fingerprint density at radius 1 is 1.45 bits per heavy atom. The van der Waals surface area contributed by atoms with Gasteiger partial charge in [-0.3, -0.25) is 4.79 Å². The van der Waals surface area contributed by atoms with Gasteiger partial charge in [-0.05, 0) is 6.42 Å². The maximum absolute atomic E-state index is 11.6. The molecule has 2 aromatic heterocycles. The van der Waals surface area contributed by atoms with Crippen LogP contribution in [0.3, 0.4) is 0 Å². The number of hydrogen-bond donors (Lipinski definition) is 1. The molecule has 0 spiro atoms. The summed E-state index contributed by atoms with van der Waals surface area (Å²) in [5.74, 6) is 1.33. The molecule has 3 rings (SSSR count). The second kappa shape index (κ2) is 5.53. The van der Waals surface area contributed by atoms with E-state index in [1.54, 1.807) is 19.3 Å². The maximum Gasteiger partial charge on any atom is 0.225 e. The number of nitrogens with one attached hydrogen (secondary N) is 1. The van der Waals surface area contributed by atoms with E-state index in [0.717, 1.165) is 0 Å². The number of aromatic nitrogens is 4. The number of rotatable bonds is 3. The smallest absolute Gasteiger partial charge is 0.225 e. The first kappa shape index (κ1) is 14.7. The first-order chi connectivity index (χ1) is 10.5. The molecular formula is C13H15ClN6O2. The van der Waals surface area contributed by atoms with E-state index in [4.69, 9.17) is 16.1 Å². The van der Waals surface area contributed by atoms with Gasteiger partial charge in [-0.2, -0.15) is 4.98 Å². The van der Waals surface area contributed by atoms with E-state index in [9.17, 15) is 4.79 Å². The predicted octanol–water partition coefficient (Wildman–Crippen LogP) is 1.06. The summed E-state index contributed by atoms with van der Waals surface area (Å²) >= 11 is 5.81. The van der Waals surface area contributed by atoms with E-state index in [1.807, 2.05) is 4.90 Å². The number of halogens is 1. The lowest BCUT2D eigenvalue weighted by molar-refractivity contribution is -0.120. The molecular weight excluding hydrogens is 308 g/mol. The quantitative estimate of drug-likeness (QED) is 0.902. The van der Waals surface area contributed by atoms with Gasteiger partial charge in [0, 0.05) is 20.4 Å². The van der Waals surface area contributed by atoms with E-state index in [2.05, 4.69) is 25.4 Å². The molecule has 1 saturated heterocycles. The summed E-state index contributed by atoms with van der Waals surface area (Å²) in [5, 5.41) is 7.40. The Morgan fingerprint density at radius 2 is 2.18 bits per heavy atom. The number of hydrogen-bond acceptors (Lipinski definition) is 7. The molecule has 1 N–H and O–H groups in total. The molecule has 116 valence electrons. The largest absolute Gasteiger partial charge is 0.342 e. The molecule has 22 heavy (non-hydrogen) atoms. The molecule has 1 atom stereocenters.